The van der Waals surface area contributed by atoms with Crippen molar-refractivity contribution in [3.63, 3.8) is 0 Å². The molecular weight excluding hydrogens is 272 g/mol. The average Bonchev–Trinajstić information content (AvgIpc) is 3.04. The maximum Gasteiger partial charge on any atom is 0.294 e. The summed E-state index contributed by atoms with van der Waals surface area (Å²) in [7, 11) is 1.78. The lowest BCUT2D eigenvalue weighted by molar-refractivity contribution is -0.384. The lowest BCUT2D eigenvalue weighted by Crippen LogP contribution is -2.01. The van der Waals surface area contributed by atoms with Gasteiger partial charge >= 0.3 is 0 Å². The minimum absolute atomic E-state index is 0.0310. The van der Waals surface area contributed by atoms with Crippen molar-refractivity contribution in [1.29, 1.82) is 0 Å². The quantitative estimate of drug-likeness (QED) is 0.582. The van der Waals surface area contributed by atoms with Crippen molar-refractivity contribution in [3.8, 4) is 17.1 Å². The molecule has 8 heteroatoms. The Morgan fingerprint density at radius 2 is 2.05 bits per heavy atom. The smallest absolute Gasteiger partial charge is 0.294 e. The van der Waals surface area contributed by atoms with Crippen LogP contribution < -0.4 is 5.73 Å². The molecule has 0 amide bonds. The second-order valence-electron chi connectivity index (χ2n) is 4.46. The summed E-state index contributed by atoms with van der Waals surface area (Å²) in [5, 5.41) is 19.5. The van der Waals surface area contributed by atoms with Crippen LogP contribution in [0.1, 0.15) is 0 Å². The van der Waals surface area contributed by atoms with Crippen molar-refractivity contribution >= 4 is 11.4 Å². The van der Waals surface area contributed by atoms with Crippen LogP contribution in [0.2, 0.25) is 0 Å². The molecule has 0 aliphatic heterocycles. The lowest BCUT2D eigenvalue weighted by Gasteiger charge is -2.02. The Kier molecular flexibility index (Phi) is 2.90. The number of rotatable bonds is 3. The Labute approximate surface area is 119 Å². The molecule has 2 heterocycles. The van der Waals surface area contributed by atoms with Crippen LogP contribution in [0.25, 0.3) is 17.1 Å². The Morgan fingerprint density at radius 3 is 2.71 bits per heavy atom. The fourth-order valence-electron chi connectivity index (χ4n) is 2.13. The molecule has 1 aromatic carbocycles. The van der Waals surface area contributed by atoms with E-state index in [4.69, 9.17) is 5.73 Å². The first kappa shape index (κ1) is 12.9. The van der Waals surface area contributed by atoms with Crippen LogP contribution in [0.4, 0.5) is 11.4 Å². The standard InChI is InChI=1S/C13H12N6O2/c1-17-12(6-7-15-17)13-9(14)8-18(16-13)10-4-2-3-5-11(10)19(20)21/h2-8H,14H2,1H3. The lowest BCUT2D eigenvalue weighted by atomic mass is 10.2. The van der Waals surface area contributed by atoms with Gasteiger partial charge in [0.25, 0.3) is 5.69 Å². The van der Waals surface area contributed by atoms with Crippen LogP contribution in [-0.2, 0) is 7.05 Å². The van der Waals surface area contributed by atoms with Crippen LogP contribution in [0, 0.1) is 10.1 Å². The predicted molar refractivity (Wildman–Crippen MR) is 76.8 cm³/mol. The molecule has 0 radical (unpaired) electrons. The van der Waals surface area contributed by atoms with E-state index < -0.39 is 4.92 Å². The normalized spacial score (nSPS) is 10.7. The van der Waals surface area contributed by atoms with E-state index in [2.05, 4.69) is 10.2 Å². The Bertz CT molecular complexity index is 820. The van der Waals surface area contributed by atoms with Gasteiger partial charge in [-0.05, 0) is 12.1 Å². The zero-order valence-electron chi connectivity index (χ0n) is 11.2. The van der Waals surface area contributed by atoms with Crippen molar-refractivity contribution < 1.29 is 4.92 Å². The molecule has 0 saturated heterocycles. The summed E-state index contributed by atoms with van der Waals surface area (Å²) in [5.74, 6) is 0. The molecule has 3 rings (SSSR count). The van der Waals surface area contributed by atoms with E-state index >= 15 is 0 Å². The fourth-order valence-corrected chi connectivity index (χ4v) is 2.13. The van der Waals surface area contributed by atoms with Crippen molar-refractivity contribution in [2.75, 3.05) is 5.73 Å². The largest absolute Gasteiger partial charge is 0.396 e. The number of para-hydroxylation sites is 2. The minimum Gasteiger partial charge on any atom is -0.396 e. The molecule has 0 atom stereocenters. The molecule has 21 heavy (non-hydrogen) atoms. The number of anilines is 1. The highest BCUT2D eigenvalue weighted by Gasteiger charge is 2.18. The fraction of sp³-hybridized carbons (Fsp3) is 0.0769. The Morgan fingerprint density at radius 1 is 1.29 bits per heavy atom. The van der Waals surface area contributed by atoms with E-state index in [1.807, 2.05) is 0 Å². The molecule has 8 nitrogen and oxygen atoms in total. The van der Waals surface area contributed by atoms with Crippen LogP contribution in [0.5, 0.6) is 0 Å². The van der Waals surface area contributed by atoms with Crippen molar-refractivity contribution in [2.45, 2.75) is 0 Å². The monoisotopic (exact) mass is 284 g/mol. The first-order chi connectivity index (χ1) is 10.1. The summed E-state index contributed by atoms with van der Waals surface area (Å²) < 4.78 is 3.05. The average molecular weight is 284 g/mol. The summed E-state index contributed by atoms with van der Waals surface area (Å²) >= 11 is 0. The molecule has 2 N–H and O–H groups in total. The predicted octanol–water partition coefficient (Wildman–Crippen LogP) is 1.76. The summed E-state index contributed by atoms with van der Waals surface area (Å²) in [6, 6.07) is 8.15. The second-order valence-corrected chi connectivity index (χ2v) is 4.46. The van der Waals surface area contributed by atoms with Crippen LogP contribution in [0.3, 0.4) is 0 Å². The molecule has 0 bridgehead atoms. The number of nitrogen functional groups attached to an aromatic ring is 1. The maximum atomic E-state index is 11.1. The van der Waals surface area contributed by atoms with Crippen LogP contribution >= 0.6 is 0 Å². The van der Waals surface area contributed by atoms with E-state index in [0.717, 1.165) is 5.69 Å². The third-order valence-corrected chi connectivity index (χ3v) is 3.13. The van der Waals surface area contributed by atoms with Crippen LogP contribution in [-0.4, -0.2) is 24.5 Å². The van der Waals surface area contributed by atoms with Crippen molar-refractivity contribution in [3.05, 3.63) is 52.8 Å². The molecule has 0 fully saturated rings. The number of nitrogens with two attached hydrogens (primary N) is 1. The maximum absolute atomic E-state index is 11.1. The van der Waals surface area contributed by atoms with Gasteiger partial charge in [-0.3, -0.25) is 14.8 Å². The van der Waals surface area contributed by atoms with Gasteiger partial charge in [0.2, 0.25) is 0 Å². The number of hydrogen-bond donors (Lipinski definition) is 1. The van der Waals surface area contributed by atoms with Gasteiger partial charge in [0.05, 0.1) is 22.5 Å². The first-order valence-electron chi connectivity index (χ1n) is 6.15. The zero-order valence-corrected chi connectivity index (χ0v) is 11.2. The number of benzene rings is 1. The van der Waals surface area contributed by atoms with Gasteiger partial charge in [-0.2, -0.15) is 10.2 Å². The van der Waals surface area contributed by atoms with Gasteiger partial charge in [0.15, 0.2) is 0 Å². The SMILES string of the molecule is Cn1nccc1-c1nn(-c2ccccc2[N+](=O)[O-])cc1N. The molecule has 0 aliphatic rings. The minimum atomic E-state index is -0.447. The third kappa shape index (κ3) is 2.12. The van der Waals surface area contributed by atoms with Crippen molar-refractivity contribution in [2.24, 2.45) is 7.05 Å². The van der Waals surface area contributed by atoms with Gasteiger partial charge in [-0.25, -0.2) is 4.68 Å². The summed E-state index contributed by atoms with van der Waals surface area (Å²) in [4.78, 5) is 10.6. The third-order valence-electron chi connectivity index (χ3n) is 3.13. The highest BCUT2D eigenvalue weighted by atomic mass is 16.6. The molecule has 2 aromatic heterocycles. The van der Waals surface area contributed by atoms with E-state index in [0.29, 0.717) is 17.1 Å². The molecule has 0 spiro atoms. The molecular formula is C13H12N6O2. The van der Waals surface area contributed by atoms with Crippen LogP contribution in [0.15, 0.2) is 42.7 Å². The topological polar surface area (TPSA) is 105 Å². The van der Waals surface area contributed by atoms with E-state index in [1.165, 1.54) is 10.7 Å². The highest BCUT2D eigenvalue weighted by Crippen LogP contribution is 2.28. The van der Waals surface area contributed by atoms with E-state index in [9.17, 15) is 10.1 Å². The summed E-state index contributed by atoms with van der Waals surface area (Å²) in [6.45, 7) is 0. The second kappa shape index (κ2) is 4.75. The number of nitro benzene ring substituents is 1. The molecule has 3 aromatic rings. The van der Waals surface area contributed by atoms with Crippen molar-refractivity contribution in [1.82, 2.24) is 19.6 Å². The summed E-state index contributed by atoms with van der Waals surface area (Å²) in [6.07, 6.45) is 3.20. The summed E-state index contributed by atoms with van der Waals surface area (Å²) in [5.41, 5.74) is 8.01. The zero-order chi connectivity index (χ0) is 15.0. The van der Waals surface area contributed by atoms with Gasteiger partial charge in [-0.15, -0.1) is 0 Å². The molecule has 106 valence electrons. The number of aryl methyl sites for hydroxylation is 1. The number of nitrogens with zero attached hydrogens (tertiary/aromatic N) is 5. The van der Waals surface area contributed by atoms with Gasteiger partial charge in [-0.1, -0.05) is 12.1 Å². The number of hydrogen-bond acceptors (Lipinski definition) is 5. The molecule has 0 unspecified atom stereocenters. The Hall–Kier alpha value is -3.16. The number of aromatic nitrogens is 4. The highest BCUT2D eigenvalue weighted by molar-refractivity contribution is 5.70. The van der Waals surface area contributed by atoms with E-state index in [-0.39, 0.29) is 5.69 Å². The Balaban J connectivity index is 2.14. The van der Waals surface area contributed by atoms with Gasteiger partial charge < -0.3 is 5.73 Å². The number of nitro groups is 1. The molecule has 0 aliphatic carbocycles. The van der Waals surface area contributed by atoms with Gasteiger partial charge in [0, 0.05) is 19.3 Å². The van der Waals surface area contributed by atoms with E-state index in [1.54, 1.807) is 48.4 Å². The first-order valence-corrected chi connectivity index (χ1v) is 6.15. The molecule has 0 saturated carbocycles. The van der Waals surface area contributed by atoms with Gasteiger partial charge in [0.1, 0.15) is 11.4 Å².